The van der Waals surface area contributed by atoms with Crippen LogP contribution in [-0.4, -0.2) is 55.3 Å². The molecule has 2 saturated heterocycles. The summed E-state index contributed by atoms with van der Waals surface area (Å²) in [6.07, 6.45) is 5.02. The summed E-state index contributed by atoms with van der Waals surface area (Å²) < 4.78 is 18.5. The third-order valence-corrected chi connectivity index (χ3v) is 6.48. The molecule has 1 amide bonds. The fraction of sp³-hybridized carbons (Fsp3) is 0.346. The highest BCUT2D eigenvalue weighted by Crippen LogP contribution is 2.25. The molecular formula is C26H28FN5O2. The van der Waals surface area contributed by atoms with Crippen LogP contribution < -0.4 is 15.1 Å². The van der Waals surface area contributed by atoms with Gasteiger partial charge in [0.25, 0.3) is 0 Å². The minimum Gasteiger partial charge on any atom is -0.378 e. The van der Waals surface area contributed by atoms with E-state index in [-0.39, 0.29) is 17.6 Å². The molecule has 5 rings (SSSR count). The molecule has 176 valence electrons. The van der Waals surface area contributed by atoms with Crippen LogP contribution in [0.1, 0.15) is 12.8 Å². The molecule has 1 aromatic heterocycles. The summed E-state index contributed by atoms with van der Waals surface area (Å²) in [4.78, 5) is 26.2. The molecule has 2 aromatic carbocycles. The first-order valence-corrected chi connectivity index (χ1v) is 11.7. The van der Waals surface area contributed by atoms with Gasteiger partial charge in [0.05, 0.1) is 13.2 Å². The third kappa shape index (κ3) is 5.17. The molecule has 0 aliphatic carbocycles. The van der Waals surface area contributed by atoms with Crippen molar-refractivity contribution in [1.29, 1.82) is 0 Å². The first-order valence-electron chi connectivity index (χ1n) is 11.7. The molecule has 2 aliphatic rings. The van der Waals surface area contributed by atoms with E-state index in [4.69, 9.17) is 4.74 Å². The maximum Gasteiger partial charge on any atom is 0.227 e. The smallest absolute Gasteiger partial charge is 0.227 e. The minimum atomic E-state index is -0.266. The molecule has 3 aromatic rings. The zero-order valence-electron chi connectivity index (χ0n) is 19.0. The van der Waals surface area contributed by atoms with Crippen LogP contribution in [0, 0.1) is 11.7 Å². The van der Waals surface area contributed by atoms with Gasteiger partial charge in [-0.2, -0.15) is 0 Å². The fourth-order valence-electron chi connectivity index (χ4n) is 4.44. The van der Waals surface area contributed by atoms with Crippen molar-refractivity contribution in [2.24, 2.45) is 5.92 Å². The molecule has 2 fully saturated rings. The average Bonchev–Trinajstić information content (AvgIpc) is 2.90. The van der Waals surface area contributed by atoms with Crippen molar-refractivity contribution in [3.63, 3.8) is 0 Å². The lowest BCUT2D eigenvalue weighted by molar-refractivity contribution is -0.120. The Balaban J connectivity index is 1.13. The maximum atomic E-state index is 13.1. The summed E-state index contributed by atoms with van der Waals surface area (Å²) in [5.41, 5.74) is 3.70. The van der Waals surface area contributed by atoms with Gasteiger partial charge in [-0.3, -0.25) is 4.79 Å². The van der Waals surface area contributed by atoms with Gasteiger partial charge in [-0.15, -0.1) is 0 Å². The van der Waals surface area contributed by atoms with Crippen LogP contribution in [0.3, 0.4) is 0 Å². The van der Waals surface area contributed by atoms with Crippen LogP contribution in [0.4, 0.5) is 21.7 Å². The number of halogens is 1. The normalized spacial score (nSPS) is 17.0. The van der Waals surface area contributed by atoms with E-state index >= 15 is 0 Å². The number of carbonyl (C=O) groups is 1. The number of benzene rings is 2. The highest BCUT2D eigenvalue weighted by atomic mass is 19.1. The van der Waals surface area contributed by atoms with Crippen LogP contribution in [0.15, 0.2) is 60.9 Å². The lowest BCUT2D eigenvalue weighted by atomic mass is 9.96. The van der Waals surface area contributed by atoms with Gasteiger partial charge >= 0.3 is 0 Å². The highest BCUT2D eigenvalue weighted by Gasteiger charge is 2.26. The number of nitrogens with one attached hydrogen (secondary N) is 1. The second kappa shape index (κ2) is 10.2. The number of amides is 1. The summed E-state index contributed by atoms with van der Waals surface area (Å²) >= 11 is 0. The average molecular weight is 462 g/mol. The lowest BCUT2D eigenvalue weighted by Crippen LogP contribution is -2.39. The summed E-state index contributed by atoms with van der Waals surface area (Å²) in [6.45, 7) is 4.74. The van der Waals surface area contributed by atoms with Crippen molar-refractivity contribution >= 4 is 23.2 Å². The number of aromatic nitrogens is 2. The third-order valence-electron chi connectivity index (χ3n) is 6.48. The van der Waals surface area contributed by atoms with Crippen molar-refractivity contribution < 1.29 is 13.9 Å². The zero-order chi connectivity index (χ0) is 23.3. The molecule has 1 N–H and O–H groups in total. The topological polar surface area (TPSA) is 70.6 Å². The summed E-state index contributed by atoms with van der Waals surface area (Å²) in [7, 11) is 0. The molecule has 2 aliphatic heterocycles. The highest BCUT2D eigenvalue weighted by molar-refractivity contribution is 5.92. The van der Waals surface area contributed by atoms with Crippen molar-refractivity contribution in [2.45, 2.75) is 12.8 Å². The summed E-state index contributed by atoms with van der Waals surface area (Å²) in [5.74, 6) is 0.418. The molecule has 34 heavy (non-hydrogen) atoms. The lowest BCUT2D eigenvalue weighted by Gasteiger charge is -2.31. The van der Waals surface area contributed by atoms with Gasteiger partial charge < -0.3 is 19.9 Å². The predicted molar refractivity (Wildman–Crippen MR) is 130 cm³/mol. The van der Waals surface area contributed by atoms with Crippen LogP contribution in [0.2, 0.25) is 0 Å². The molecule has 3 heterocycles. The van der Waals surface area contributed by atoms with Gasteiger partial charge in [0.2, 0.25) is 11.9 Å². The fourth-order valence-corrected chi connectivity index (χ4v) is 4.44. The van der Waals surface area contributed by atoms with Crippen molar-refractivity contribution in [3.8, 4) is 11.1 Å². The van der Waals surface area contributed by atoms with Gasteiger partial charge in [-0.1, -0.05) is 12.1 Å². The van der Waals surface area contributed by atoms with E-state index in [1.807, 2.05) is 12.1 Å². The molecular weight excluding hydrogens is 433 g/mol. The van der Waals surface area contributed by atoms with E-state index in [0.29, 0.717) is 5.95 Å². The Bertz CT molecular complexity index is 1090. The van der Waals surface area contributed by atoms with E-state index in [1.54, 1.807) is 24.5 Å². The zero-order valence-corrected chi connectivity index (χ0v) is 19.0. The van der Waals surface area contributed by atoms with Gasteiger partial charge in [0, 0.05) is 61.4 Å². The van der Waals surface area contributed by atoms with E-state index in [1.165, 1.54) is 12.1 Å². The molecule has 0 atom stereocenters. The Morgan fingerprint density at radius 3 is 2.15 bits per heavy atom. The molecule has 0 bridgehead atoms. The van der Waals surface area contributed by atoms with Crippen LogP contribution >= 0.6 is 0 Å². The Morgan fingerprint density at radius 1 is 0.853 bits per heavy atom. The van der Waals surface area contributed by atoms with Crippen LogP contribution in [-0.2, 0) is 9.53 Å². The predicted octanol–water partition coefficient (Wildman–Crippen LogP) is 3.97. The first-order chi connectivity index (χ1) is 16.7. The van der Waals surface area contributed by atoms with Gasteiger partial charge in [-0.05, 0) is 54.8 Å². The Morgan fingerprint density at radius 2 is 1.50 bits per heavy atom. The Labute approximate surface area is 198 Å². The van der Waals surface area contributed by atoms with Crippen LogP contribution in [0.5, 0.6) is 0 Å². The first kappa shape index (κ1) is 22.3. The molecule has 0 unspecified atom stereocenters. The molecule has 0 saturated carbocycles. The van der Waals surface area contributed by atoms with E-state index in [0.717, 1.165) is 74.7 Å². The van der Waals surface area contributed by atoms with Gasteiger partial charge in [0.1, 0.15) is 5.82 Å². The minimum absolute atomic E-state index is 0.0336. The van der Waals surface area contributed by atoms with E-state index in [9.17, 15) is 9.18 Å². The number of anilines is 3. The number of carbonyl (C=O) groups excluding carboxylic acids is 1. The van der Waals surface area contributed by atoms with Gasteiger partial charge in [-0.25, -0.2) is 14.4 Å². The number of nitrogens with zero attached hydrogens (tertiary/aromatic N) is 4. The monoisotopic (exact) mass is 461 g/mol. The number of ether oxygens (including phenoxy) is 1. The number of rotatable bonds is 5. The van der Waals surface area contributed by atoms with E-state index in [2.05, 4.69) is 37.2 Å². The van der Waals surface area contributed by atoms with Crippen molar-refractivity contribution in [3.05, 3.63) is 66.7 Å². The quantitative estimate of drug-likeness (QED) is 0.620. The molecule has 0 radical (unpaired) electrons. The number of piperidine rings is 1. The van der Waals surface area contributed by atoms with Crippen LogP contribution in [0.25, 0.3) is 11.1 Å². The number of morpholine rings is 1. The SMILES string of the molecule is O=C(Nc1ccc(N2CCOCC2)cc1)C1CCN(c2ncc(-c3ccc(F)cc3)cn2)CC1. The van der Waals surface area contributed by atoms with Crippen molar-refractivity contribution in [2.75, 3.05) is 54.5 Å². The molecule has 0 spiro atoms. The molecule has 7 nitrogen and oxygen atoms in total. The Hall–Kier alpha value is -3.52. The summed E-state index contributed by atoms with van der Waals surface area (Å²) in [6, 6.07) is 14.3. The van der Waals surface area contributed by atoms with Crippen molar-refractivity contribution in [1.82, 2.24) is 9.97 Å². The molecule has 8 heteroatoms. The largest absolute Gasteiger partial charge is 0.378 e. The van der Waals surface area contributed by atoms with Gasteiger partial charge in [0.15, 0.2) is 0 Å². The second-order valence-electron chi connectivity index (χ2n) is 8.68. The number of hydrogen-bond donors (Lipinski definition) is 1. The Kier molecular flexibility index (Phi) is 6.67. The summed E-state index contributed by atoms with van der Waals surface area (Å²) in [5, 5.41) is 3.07. The maximum absolute atomic E-state index is 13.1. The standard InChI is InChI=1S/C26H28FN5O2/c27-22-3-1-19(2-4-22)21-17-28-26(29-18-21)32-11-9-20(10-12-32)25(33)30-23-5-7-24(8-6-23)31-13-15-34-16-14-31/h1-8,17-18,20H,9-16H2,(H,30,33). The number of hydrogen-bond acceptors (Lipinski definition) is 6. The van der Waals surface area contributed by atoms with E-state index < -0.39 is 0 Å². The second-order valence-corrected chi connectivity index (χ2v) is 8.68.